The molecule has 0 saturated heterocycles. The Morgan fingerprint density at radius 2 is 2.10 bits per heavy atom. The standard InChI is InChI=1S/C7H8BrNO/c1-4-6(10)3-2-5(8)7(4)9/h2-3,10H,9H2,1H3. The normalized spacial score (nSPS) is 9.80. The van der Waals surface area contributed by atoms with Gasteiger partial charge in [0.25, 0.3) is 0 Å². The van der Waals surface area contributed by atoms with Gasteiger partial charge in [-0.15, -0.1) is 0 Å². The van der Waals surface area contributed by atoms with Gasteiger partial charge in [0.05, 0.1) is 5.69 Å². The fourth-order valence-electron chi connectivity index (χ4n) is 0.684. The zero-order chi connectivity index (χ0) is 7.72. The van der Waals surface area contributed by atoms with Gasteiger partial charge in [-0.3, -0.25) is 0 Å². The Morgan fingerprint density at radius 1 is 1.50 bits per heavy atom. The van der Waals surface area contributed by atoms with E-state index in [-0.39, 0.29) is 5.75 Å². The molecule has 3 N–H and O–H groups in total. The predicted octanol–water partition coefficient (Wildman–Crippen LogP) is 2.05. The summed E-state index contributed by atoms with van der Waals surface area (Å²) in [5, 5.41) is 9.12. The Bertz CT molecular complexity index is 233. The molecule has 0 spiro atoms. The monoisotopic (exact) mass is 201 g/mol. The van der Waals surface area contributed by atoms with Gasteiger partial charge in [-0.1, -0.05) is 0 Å². The van der Waals surface area contributed by atoms with Gasteiger partial charge >= 0.3 is 0 Å². The van der Waals surface area contributed by atoms with Crippen LogP contribution in [0.3, 0.4) is 0 Å². The first-order valence-corrected chi connectivity index (χ1v) is 3.65. The third-order valence-corrected chi connectivity index (χ3v) is 2.12. The van der Waals surface area contributed by atoms with E-state index < -0.39 is 0 Å². The lowest BCUT2D eigenvalue weighted by molar-refractivity contribution is 0.471. The van der Waals surface area contributed by atoms with Crippen LogP contribution >= 0.6 is 15.9 Å². The zero-order valence-corrected chi connectivity index (χ0v) is 7.14. The van der Waals surface area contributed by atoms with Crippen molar-refractivity contribution >= 4 is 21.6 Å². The summed E-state index contributed by atoms with van der Waals surface area (Å²) in [5.74, 6) is 0.237. The minimum Gasteiger partial charge on any atom is -0.508 e. The van der Waals surface area contributed by atoms with E-state index in [9.17, 15) is 0 Å². The maximum absolute atomic E-state index is 9.12. The van der Waals surface area contributed by atoms with E-state index in [2.05, 4.69) is 15.9 Å². The SMILES string of the molecule is Cc1c(O)ccc(Br)c1N. The van der Waals surface area contributed by atoms with Crippen LogP contribution in [0.2, 0.25) is 0 Å². The topological polar surface area (TPSA) is 46.2 Å². The summed E-state index contributed by atoms with van der Waals surface area (Å²) in [6, 6.07) is 3.33. The van der Waals surface area contributed by atoms with Crippen molar-refractivity contribution in [3.63, 3.8) is 0 Å². The van der Waals surface area contributed by atoms with Crippen LogP contribution in [-0.2, 0) is 0 Å². The number of nitrogens with two attached hydrogens (primary N) is 1. The molecule has 0 fully saturated rings. The van der Waals surface area contributed by atoms with Gasteiger partial charge in [-0.25, -0.2) is 0 Å². The maximum atomic E-state index is 9.12. The summed E-state index contributed by atoms with van der Waals surface area (Å²) in [4.78, 5) is 0. The highest BCUT2D eigenvalue weighted by molar-refractivity contribution is 9.10. The van der Waals surface area contributed by atoms with Crippen LogP contribution < -0.4 is 5.73 Å². The molecule has 0 aromatic heterocycles. The van der Waals surface area contributed by atoms with E-state index in [1.807, 2.05) is 0 Å². The van der Waals surface area contributed by atoms with Crippen molar-refractivity contribution in [1.82, 2.24) is 0 Å². The van der Waals surface area contributed by atoms with Crippen LogP contribution in [0.25, 0.3) is 0 Å². The molecule has 0 aliphatic carbocycles. The van der Waals surface area contributed by atoms with E-state index in [4.69, 9.17) is 10.8 Å². The first-order valence-electron chi connectivity index (χ1n) is 2.86. The van der Waals surface area contributed by atoms with Crippen molar-refractivity contribution in [2.45, 2.75) is 6.92 Å². The molecule has 10 heavy (non-hydrogen) atoms. The number of rotatable bonds is 0. The van der Waals surface area contributed by atoms with Gasteiger partial charge in [0.1, 0.15) is 5.75 Å². The Morgan fingerprint density at radius 3 is 2.60 bits per heavy atom. The van der Waals surface area contributed by atoms with E-state index in [0.29, 0.717) is 5.69 Å². The minimum atomic E-state index is 0.237. The van der Waals surface area contributed by atoms with E-state index in [1.54, 1.807) is 19.1 Å². The average Bonchev–Trinajstić information content (AvgIpc) is 1.93. The molecule has 0 bridgehead atoms. The first kappa shape index (κ1) is 7.41. The fraction of sp³-hybridized carbons (Fsp3) is 0.143. The summed E-state index contributed by atoms with van der Waals surface area (Å²) >= 11 is 3.24. The molecule has 0 radical (unpaired) electrons. The highest BCUT2D eigenvalue weighted by Crippen LogP contribution is 2.28. The van der Waals surface area contributed by atoms with Gasteiger partial charge in [0.2, 0.25) is 0 Å². The number of aromatic hydroxyl groups is 1. The lowest BCUT2D eigenvalue weighted by atomic mass is 10.2. The summed E-state index contributed by atoms with van der Waals surface area (Å²) < 4.78 is 0.822. The van der Waals surface area contributed by atoms with Gasteiger partial charge in [0, 0.05) is 10.0 Å². The van der Waals surface area contributed by atoms with Gasteiger partial charge in [-0.05, 0) is 35.0 Å². The molecule has 1 aromatic rings. The Labute approximate surface area is 67.8 Å². The first-order chi connectivity index (χ1) is 4.63. The number of phenolic OH excluding ortho intramolecular Hbond substituents is 1. The van der Waals surface area contributed by atoms with E-state index >= 15 is 0 Å². The van der Waals surface area contributed by atoms with Crippen LogP contribution in [0.4, 0.5) is 5.69 Å². The Balaban J connectivity index is 3.34. The zero-order valence-electron chi connectivity index (χ0n) is 5.56. The van der Waals surface area contributed by atoms with Crippen LogP contribution in [0.1, 0.15) is 5.56 Å². The van der Waals surface area contributed by atoms with Crippen LogP contribution in [0.15, 0.2) is 16.6 Å². The molecule has 1 rings (SSSR count). The second-order valence-electron chi connectivity index (χ2n) is 2.11. The third-order valence-electron chi connectivity index (χ3n) is 1.43. The number of halogens is 1. The van der Waals surface area contributed by atoms with E-state index in [1.165, 1.54) is 0 Å². The predicted molar refractivity (Wildman–Crippen MR) is 45.0 cm³/mol. The number of hydrogen-bond acceptors (Lipinski definition) is 2. The van der Waals surface area contributed by atoms with Crippen LogP contribution in [-0.4, -0.2) is 5.11 Å². The molecule has 3 heteroatoms. The molecule has 0 heterocycles. The fourth-order valence-corrected chi connectivity index (χ4v) is 1.11. The number of benzene rings is 1. The molecule has 0 atom stereocenters. The minimum absolute atomic E-state index is 0.237. The molecule has 0 saturated carbocycles. The Hall–Kier alpha value is -0.700. The van der Waals surface area contributed by atoms with Crippen molar-refractivity contribution in [2.75, 3.05) is 5.73 Å². The van der Waals surface area contributed by atoms with Crippen LogP contribution in [0.5, 0.6) is 5.75 Å². The van der Waals surface area contributed by atoms with Crippen molar-refractivity contribution in [3.05, 3.63) is 22.2 Å². The van der Waals surface area contributed by atoms with Crippen LogP contribution in [0, 0.1) is 6.92 Å². The van der Waals surface area contributed by atoms with Crippen molar-refractivity contribution in [3.8, 4) is 5.75 Å². The quantitative estimate of drug-likeness (QED) is 0.632. The number of hydrogen-bond donors (Lipinski definition) is 2. The molecule has 1 aromatic carbocycles. The molecule has 0 aliphatic rings. The maximum Gasteiger partial charge on any atom is 0.120 e. The molecular formula is C7H8BrNO. The second-order valence-corrected chi connectivity index (χ2v) is 2.96. The number of anilines is 1. The lowest BCUT2D eigenvalue weighted by Gasteiger charge is -2.03. The summed E-state index contributed by atoms with van der Waals surface area (Å²) in [6.07, 6.45) is 0. The summed E-state index contributed by atoms with van der Waals surface area (Å²) in [6.45, 7) is 1.77. The van der Waals surface area contributed by atoms with Crippen molar-refractivity contribution < 1.29 is 5.11 Å². The summed E-state index contributed by atoms with van der Waals surface area (Å²) in [7, 11) is 0. The van der Waals surface area contributed by atoms with Gasteiger partial charge in [-0.2, -0.15) is 0 Å². The molecule has 0 unspecified atom stereocenters. The third kappa shape index (κ3) is 1.09. The molecule has 0 aliphatic heterocycles. The average molecular weight is 202 g/mol. The van der Waals surface area contributed by atoms with E-state index in [0.717, 1.165) is 10.0 Å². The second kappa shape index (κ2) is 2.50. The molecule has 54 valence electrons. The number of nitrogen functional groups attached to an aromatic ring is 1. The Kier molecular flexibility index (Phi) is 1.85. The van der Waals surface area contributed by atoms with Crippen molar-refractivity contribution in [2.24, 2.45) is 0 Å². The number of phenols is 1. The van der Waals surface area contributed by atoms with Gasteiger partial charge < -0.3 is 10.8 Å². The lowest BCUT2D eigenvalue weighted by Crippen LogP contribution is -1.90. The van der Waals surface area contributed by atoms with Crippen molar-refractivity contribution in [1.29, 1.82) is 0 Å². The van der Waals surface area contributed by atoms with Gasteiger partial charge in [0.15, 0.2) is 0 Å². The molecule has 0 amide bonds. The highest BCUT2D eigenvalue weighted by atomic mass is 79.9. The largest absolute Gasteiger partial charge is 0.508 e. The molecular weight excluding hydrogens is 194 g/mol. The molecule has 2 nitrogen and oxygen atoms in total. The summed E-state index contributed by atoms with van der Waals surface area (Å²) in [5.41, 5.74) is 6.89. The smallest absolute Gasteiger partial charge is 0.120 e. The highest BCUT2D eigenvalue weighted by Gasteiger charge is 2.02.